The maximum Gasteiger partial charge on any atom is 0.317 e. The number of nitrogens with zero attached hydrogens (tertiary/aromatic N) is 2. The highest BCUT2D eigenvalue weighted by Gasteiger charge is 2.04. The molecule has 0 aliphatic heterocycles. The second-order valence-electron chi connectivity index (χ2n) is 3.85. The minimum absolute atomic E-state index is 0.111. The Morgan fingerprint density at radius 3 is 2.28 bits per heavy atom. The Kier molecular flexibility index (Phi) is 3.44. The van der Waals surface area contributed by atoms with Crippen LogP contribution in [0.4, 0.5) is 0 Å². The molecule has 0 aliphatic carbocycles. The lowest BCUT2D eigenvalue weighted by atomic mass is 10.2. The summed E-state index contributed by atoms with van der Waals surface area (Å²) in [5.74, 6) is 2.34. The van der Waals surface area contributed by atoms with Gasteiger partial charge in [-0.05, 0) is 5.56 Å². The van der Waals surface area contributed by atoms with Crippen molar-refractivity contribution in [2.45, 2.75) is 13.1 Å². The highest BCUT2D eigenvalue weighted by molar-refractivity contribution is 5.15. The summed E-state index contributed by atoms with van der Waals surface area (Å²) in [4.78, 5) is 23.5. The van der Waals surface area contributed by atoms with Crippen molar-refractivity contribution in [1.29, 1.82) is 0 Å². The molecule has 0 bridgehead atoms. The van der Waals surface area contributed by atoms with Gasteiger partial charge in [-0.15, -0.1) is 6.42 Å². The lowest BCUT2D eigenvalue weighted by molar-refractivity contribution is 0.678. The van der Waals surface area contributed by atoms with Gasteiger partial charge in [0.05, 0.1) is 13.1 Å². The molecule has 1 heterocycles. The van der Waals surface area contributed by atoms with Crippen molar-refractivity contribution in [1.82, 2.24) is 9.13 Å². The van der Waals surface area contributed by atoms with Crippen LogP contribution in [0.3, 0.4) is 0 Å². The average Bonchev–Trinajstić information content (AvgIpc) is 2.40. The van der Waals surface area contributed by atoms with Gasteiger partial charge in [0.1, 0.15) is 0 Å². The van der Waals surface area contributed by atoms with Crippen LogP contribution < -0.4 is 11.1 Å². The first kappa shape index (κ1) is 11.9. The molecule has 0 N–H and O–H groups in total. The monoisotopic (exact) mass is 240 g/mol. The van der Waals surface area contributed by atoms with E-state index in [0.717, 1.165) is 5.56 Å². The quantitative estimate of drug-likeness (QED) is 0.585. The first-order chi connectivity index (χ1) is 8.72. The normalized spacial score (nSPS) is 9.94. The van der Waals surface area contributed by atoms with Crippen LogP contribution in [0.15, 0.2) is 52.3 Å². The molecule has 0 saturated heterocycles. The number of aromatic nitrogens is 2. The van der Waals surface area contributed by atoms with Gasteiger partial charge in [0.2, 0.25) is 0 Å². The van der Waals surface area contributed by atoms with Crippen molar-refractivity contribution in [2.24, 2.45) is 0 Å². The molecule has 0 unspecified atom stereocenters. The Hall–Kier alpha value is -2.54. The molecule has 0 saturated carbocycles. The Balaban J connectivity index is 2.37. The van der Waals surface area contributed by atoms with Crippen LogP contribution >= 0.6 is 0 Å². The van der Waals surface area contributed by atoms with E-state index in [1.807, 2.05) is 30.3 Å². The lowest BCUT2D eigenvalue weighted by Crippen LogP contribution is -2.40. The van der Waals surface area contributed by atoms with Crippen molar-refractivity contribution in [3.63, 3.8) is 0 Å². The molecule has 1 aromatic heterocycles. The van der Waals surface area contributed by atoms with Gasteiger partial charge in [0, 0.05) is 12.4 Å². The minimum atomic E-state index is -0.591. The maximum atomic E-state index is 11.8. The first-order valence-corrected chi connectivity index (χ1v) is 5.49. The minimum Gasteiger partial charge on any atom is -0.305 e. The van der Waals surface area contributed by atoms with E-state index in [2.05, 4.69) is 5.92 Å². The molecule has 2 rings (SSSR count). The summed E-state index contributed by atoms with van der Waals surface area (Å²) in [7, 11) is 0. The van der Waals surface area contributed by atoms with E-state index in [4.69, 9.17) is 6.42 Å². The topological polar surface area (TPSA) is 44.0 Å². The molecule has 0 spiro atoms. The van der Waals surface area contributed by atoms with E-state index in [1.165, 1.54) is 15.3 Å². The number of hydrogen-bond acceptors (Lipinski definition) is 2. The van der Waals surface area contributed by atoms with Crippen LogP contribution in [-0.4, -0.2) is 9.13 Å². The SMILES string of the molecule is C#CCn1ccn(Cc2ccccc2)c(=O)c1=O. The second kappa shape index (κ2) is 5.19. The summed E-state index contributed by atoms with van der Waals surface area (Å²) in [6.07, 6.45) is 8.23. The fourth-order valence-electron chi connectivity index (χ4n) is 1.67. The van der Waals surface area contributed by atoms with Gasteiger partial charge in [-0.1, -0.05) is 36.3 Å². The fourth-order valence-corrected chi connectivity index (χ4v) is 1.67. The highest BCUT2D eigenvalue weighted by Crippen LogP contribution is 1.99. The second-order valence-corrected chi connectivity index (χ2v) is 3.85. The number of rotatable bonds is 3. The van der Waals surface area contributed by atoms with Gasteiger partial charge in [-0.3, -0.25) is 14.2 Å². The molecule has 4 nitrogen and oxygen atoms in total. The van der Waals surface area contributed by atoms with E-state index in [1.54, 1.807) is 6.20 Å². The van der Waals surface area contributed by atoms with E-state index < -0.39 is 11.1 Å². The van der Waals surface area contributed by atoms with Crippen LogP contribution in [0.2, 0.25) is 0 Å². The lowest BCUT2D eigenvalue weighted by Gasteiger charge is -2.07. The van der Waals surface area contributed by atoms with Gasteiger partial charge in [0.15, 0.2) is 0 Å². The maximum absolute atomic E-state index is 11.8. The zero-order valence-corrected chi connectivity index (χ0v) is 9.74. The summed E-state index contributed by atoms with van der Waals surface area (Å²) in [5, 5.41) is 0. The van der Waals surface area contributed by atoms with Crippen molar-refractivity contribution in [3.05, 3.63) is 69.0 Å². The summed E-state index contributed by atoms with van der Waals surface area (Å²) < 4.78 is 2.61. The number of hydrogen-bond donors (Lipinski definition) is 0. The van der Waals surface area contributed by atoms with E-state index in [9.17, 15) is 9.59 Å². The van der Waals surface area contributed by atoms with Gasteiger partial charge in [-0.2, -0.15) is 0 Å². The molecule has 1 aromatic carbocycles. The standard InChI is InChI=1S/C14H12N2O2/c1-2-8-15-9-10-16(14(18)13(15)17)11-12-6-4-3-5-7-12/h1,3-7,9-10H,8,11H2. The molecular weight excluding hydrogens is 228 g/mol. The highest BCUT2D eigenvalue weighted by atomic mass is 16.2. The van der Waals surface area contributed by atoms with Gasteiger partial charge in [0.25, 0.3) is 0 Å². The van der Waals surface area contributed by atoms with E-state index in [-0.39, 0.29) is 6.54 Å². The van der Waals surface area contributed by atoms with Crippen LogP contribution in [0, 0.1) is 12.3 Å². The van der Waals surface area contributed by atoms with Gasteiger partial charge < -0.3 is 4.57 Å². The molecule has 0 aliphatic rings. The van der Waals surface area contributed by atoms with Crippen LogP contribution in [0.25, 0.3) is 0 Å². The summed E-state index contributed by atoms with van der Waals surface area (Å²) in [5.41, 5.74) is -0.184. The predicted molar refractivity (Wildman–Crippen MR) is 69.3 cm³/mol. The number of benzene rings is 1. The zero-order valence-electron chi connectivity index (χ0n) is 9.74. The Morgan fingerprint density at radius 1 is 1.00 bits per heavy atom. The van der Waals surface area contributed by atoms with Crippen molar-refractivity contribution >= 4 is 0 Å². The van der Waals surface area contributed by atoms with Gasteiger partial charge in [-0.25, -0.2) is 0 Å². The fraction of sp³-hybridized carbons (Fsp3) is 0.143. The Labute approximate surface area is 104 Å². The largest absolute Gasteiger partial charge is 0.317 e. The average molecular weight is 240 g/mol. The van der Waals surface area contributed by atoms with E-state index >= 15 is 0 Å². The first-order valence-electron chi connectivity index (χ1n) is 5.49. The number of terminal acetylenes is 1. The molecule has 4 heteroatoms. The molecule has 0 fully saturated rings. The smallest absolute Gasteiger partial charge is 0.305 e. The van der Waals surface area contributed by atoms with Crippen molar-refractivity contribution in [3.8, 4) is 12.3 Å². The third-order valence-electron chi connectivity index (χ3n) is 2.59. The third-order valence-corrected chi connectivity index (χ3v) is 2.59. The van der Waals surface area contributed by atoms with Crippen LogP contribution in [-0.2, 0) is 13.1 Å². The third kappa shape index (κ3) is 2.41. The molecular formula is C14H12N2O2. The molecule has 18 heavy (non-hydrogen) atoms. The summed E-state index contributed by atoms with van der Waals surface area (Å²) in [6, 6.07) is 9.48. The van der Waals surface area contributed by atoms with Crippen LogP contribution in [0.5, 0.6) is 0 Å². The Bertz CT molecular complexity index is 690. The molecule has 2 aromatic rings. The van der Waals surface area contributed by atoms with Crippen molar-refractivity contribution < 1.29 is 0 Å². The van der Waals surface area contributed by atoms with Crippen molar-refractivity contribution in [2.75, 3.05) is 0 Å². The predicted octanol–water partition coefficient (Wildman–Crippen LogP) is 0.691. The zero-order chi connectivity index (χ0) is 13.0. The molecule has 0 amide bonds. The van der Waals surface area contributed by atoms with Crippen LogP contribution in [0.1, 0.15) is 5.56 Å². The van der Waals surface area contributed by atoms with Gasteiger partial charge >= 0.3 is 11.1 Å². The molecule has 0 atom stereocenters. The molecule has 0 radical (unpaired) electrons. The summed E-state index contributed by atoms with van der Waals surface area (Å²) in [6.45, 7) is 0.492. The molecule has 90 valence electrons. The van der Waals surface area contributed by atoms with E-state index in [0.29, 0.717) is 6.54 Å². The summed E-state index contributed by atoms with van der Waals surface area (Å²) >= 11 is 0. The Morgan fingerprint density at radius 2 is 1.61 bits per heavy atom.